The first kappa shape index (κ1) is 12.6. The molecule has 1 amide bonds. The van der Waals surface area contributed by atoms with Crippen molar-refractivity contribution in [2.45, 2.75) is 33.8 Å². The fourth-order valence-electron chi connectivity index (χ4n) is 1.49. The van der Waals surface area contributed by atoms with Crippen LogP contribution in [0, 0.1) is 19.8 Å². The maximum atomic E-state index is 11.2. The lowest BCUT2D eigenvalue weighted by Gasteiger charge is -2.20. The summed E-state index contributed by atoms with van der Waals surface area (Å²) < 4.78 is 5.67. The van der Waals surface area contributed by atoms with E-state index >= 15 is 0 Å². The summed E-state index contributed by atoms with van der Waals surface area (Å²) in [5.41, 5.74) is 7.43. The van der Waals surface area contributed by atoms with E-state index in [4.69, 9.17) is 10.5 Å². The number of rotatable bonds is 4. The molecule has 0 aliphatic carbocycles. The van der Waals surface area contributed by atoms with Gasteiger partial charge < -0.3 is 10.5 Å². The van der Waals surface area contributed by atoms with Crippen LogP contribution in [0.2, 0.25) is 0 Å². The third kappa shape index (κ3) is 2.99. The first-order chi connectivity index (χ1) is 7.41. The van der Waals surface area contributed by atoms with Gasteiger partial charge in [0.2, 0.25) is 0 Å². The van der Waals surface area contributed by atoms with Gasteiger partial charge in [-0.3, -0.25) is 4.79 Å². The molecule has 0 spiro atoms. The summed E-state index contributed by atoms with van der Waals surface area (Å²) in [6.45, 7) is 7.77. The van der Waals surface area contributed by atoms with Crippen molar-refractivity contribution < 1.29 is 9.53 Å². The van der Waals surface area contributed by atoms with E-state index in [1.165, 1.54) is 0 Å². The monoisotopic (exact) mass is 221 g/mol. The Balaban J connectivity index is 2.93. The van der Waals surface area contributed by atoms with Gasteiger partial charge in [0.1, 0.15) is 5.75 Å². The van der Waals surface area contributed by atoms with E-state index in [2.05, 4.69) is 0 Å². The number of carbonyl (C=O) groups excluding carboxylic acids is 1. The number of benzene rings is 1. The van der Waals surface area contributed by atoms with E-state index in [-0.39, 0.29) is 5.92 Å². The van der Waals surface area contributed by atoms with Crippen LogP contribution in [0.4, 0.5) is 0 Å². The molecule has 1 unspecified atom stereocenters. The van der Waals surface area contributed by atoms with Crippen LogP contribution in [-0.2, 0) is 4.79 Å². The molecule has 0 bridgehead atoms. The van der Waals surface area contributed by atoms with Crippen molar-refractivity contribution >= 4 is 5.91 Å². The first-order valence-electron chi connectivity index (χ1n) is 5.45. The Labute approximate surface area is 96.6 Å². The van der Waals surface area contributed by atoms with Gasteiger partial charge in [-0.15, -0.1) is 0 Å². The maximum absolute atomic E-state index is 11.2. The zero-order chi connectivity index (χ0) is 12.3. The molecule has 1 atom stereocenters. The van der Waals surface area contributed by atoms with Crippen LogP contribution >= 0.6 is 0 Å². The Morgan fingerprint density at radius 1 is 1.31 bits per heavy atom. The molecule has 0 saturated carbocycles. The van der Waals surface area contributed by atoms with Crippen LogP contribution in [-0.4, -0.2) is 12.0 Å². The zero-order valence-electron chi connectivity index (χ0n) is 10.3. The summed E-state index contributed by atoms with van der Waals surface area (Å²) in [7, 11) is 0. The predicted molar refractivity (Wildman–Crippen MR) is 64.4 cm³/mol. The molecule has 0 aliphatic heterocycles. The van der Waals surface area contributed by atoms with Crippen molar-refractivity contribution in [2.24, 2.45) is 11.7 Å². The summed E-state index contributed by atoms with van der Waals surface area (Å²) >= 11 is 0. The van der Waals surface area contributed by atoms with Crippen molar-refractivity contribution in [1.29, 1.82) is 0 Å². The van der Waals surface area contributed by atoms with Crippen molar-refractivity contribution in [3.63, 3.8) is 0 Å². The molecule has 0 saturated heterocycles. The Morgan fingerprint density at radius 3 is 2.44 bits per heavy atom. The number of primary amides is 1. The van der Waals surface area contributed by atoms with Crippen molar-refractivity contribution in [2.75, 3.05) is 0 Å². The fourth-order valence-corrected chi connectivity index (χ4v) is 1.49. The van der Waals surface area contributed by atoms with E-state index in [0.717, 1.165) is 16.9 Å². The van der Waals surface area contributed by atoms with Gasteiger partial charge in [-0.1, -0.05) is 26.0 Å². The molecule has 0 radical (unpaired) electrons. The van der Waals surface area contributed by atoms with E-state index in [1.807, 2.05) is 45.9 Å². The van der Waals surface area contributed by atoms with Gasteiger partial charge in [-0.2, -0.15) is 0 Å². The zero-order valence-corrected chi connectivity index (χ0v) is 10.3. The molecular formula is C13H19NO2. The minimum atomic E-state index is -0.569. The maximum Gasteiger partial charge on any atom is 0.258 e. The SMILES string of the molecule is Cc1ccc(C)c(OC(C(N)=O)C(C)C)c1. The summed E-state index contributed by atoms with van der Waals surface area (Å²) in [4.78, 5) is 11.2. The number of hydrogen-bond donors (Lipinski definition) is 1. The van der Waals surface area contributed by atoms with Crippen LogP contribution in [0.1, 0.15) is 25.0 Å². The second-order valence-corrected chi connectivity index (χ2v) is 4.45. The summed E-state index contributed by atoms with van der Waals surface area (Å²) in [5, 5.41) is 0. The molecule has 3 heteroatoms. The summed E-state index contributed by atoms with van der Waals surface area (Å²) in [5.74, 6) is 0.380. The van der Waals surface area contributed by atoms with Crippen molar-refractivity contribution in [1.82, 2.24) is 0 Å². The minimum Gasteiger partial charge on any atom is -0.480 e. The van der Waals surface area contributed by atoms with Gasteiger partial charge >= 0.3 is 0 Å². The standard InChI is InChI=1S/C13H19NO2/c1-8(2)12(13(14)15)16-11-7-9(3)5-6-10(11)4/h5-8,12H,1-4H3,(H2,14,15). The highest BCUT2D eigenvalue weighted by atomic mass is 16.5. The Kier molecular flexibility index (Phi) is 3.93. The molecule has 1 rings (SSSR count). The van der Waals surface area contributed by atoms with E-state index < -0.39 is 12.0 Å². The molecular weight excluding hydrogens is 202 g/mol. The van der Waals surface area contributed by atoms with Crippen molar-refractivity contribution in [3.05, 3.63) is 29.3 Å². The largest absolute Gasteiger partial charge is 0.480 e. The molecule has 0 fully saturated rings. The number of amides is 1. The molecule has 1 aromatic rings. The average molecular weight is 221 g/mol. The van der Waals surface area contributed by atoms with Crippen LogP contribution in [0.15, 0.2) is 18.2 Å². The molecule has 0 heterocycles. The Hall–Kier alpha value is -1.51. The lowest BCUT2D eigenvalue weighted by molar-refractivity contribution is -0.126. The highest BCUT2D eigenvalue weighted by Crippen LogP contribution is 2.22. The summed E-state index contributed by atoms with van der Waals surface area (Å²) in [6.07, 6.45) is -0.569. The smallest absolute Gasteiger partial charge is 0.258 e. The van der Waals surface area contributed by atoms with Crippen LogP contribution in [0.25, 0.3) is 0 Å². The number of hydrogen-bond acceptors (Lipinski definition) is 2. The Bertz CT molecular complexity index is 386. The number of aryl methyl sites for hydroxylation is 2. The molecule has 2 N–H and O–H groups in total. The van der Waals surface area contributed by atoms with Gasteiger partial charge in [0.05, 0.1) is 0 Å². The molecule has 1 aromatic carbocycles. The van der Waals surface area contributed by atoms with Gasteiger partial charge in [0.25, 0.3) is 5.91 Å². The topological polar surface area (TPSA) is 52.3 Å². The predicted octanol–water partition coefficient (Wildman–Crippen LogP) is 2.19. The van der Waals surface area contributed by atoms with Crippen LogP contribution in [0.5, 0.6) is 5.75 Å². The molecule has 0 aromatic heterocycles. The summed E-state index contributed by atoms with van der Waals surface area (Å²) in [6, 6.07) is 5.91. The number of nitrogens with two attached hydrogens (primary N) is 1. The van der Waals surface area contributed by atoms with Gasteiger partial charge in [0, 0.05) is 0 Å². The number of carbonyl (C=O) groups is 1. The second kappa shape index (κ2) is 5.01. The Morgan fingerprint density at radius 2 is 1.94 bits per heavy atom. The van der Waals surface area contributed by atoms with Crippen LogP contribution < -0.4 is 10.5 Å². The second-order valence-electron chi connectivity index (χ2n) is 4.45. The average Bonchev–Trinajstić information content (AvgIpc) is 2.18. The van der Waals surface area contributed by atoms with E-state index in [1.54, 1.807) is 0 Å². The highest BCUT2D eigenvalue weighted by Gasteiger charge is 2.21. The third-order valence-corrected chi connectivity index (χ3v) is 2.48. The number of ether oxygens (including phenoxy) is 1. The van der Waals surface area contributed by atoms with Crippen LogP contribution in [0.3, 0.4) is 0 Å². The first-order valence-corrected chi connectivity index (χ1v) is 5.45. The lowest BCUT2D eigenvalue weighted by atomic mass is 10.1. The molecule has 16 heavy (non-hydrogen) atoms. The quantitative estimate of drug-likeness (QED) is 0.847. The molecule has 0 aliphatic rings. The normalized spacial score (nSPS) is 12.6. The molecule has 3 nitrogen and oxygen atoms in total. The van der Waals surface area contributed by atoms with Gasteiger partial charge in [0.15, 0.2) is 6.10 Å². The van der Waals surface area contributed by atoms with E-state index in [0.29, 0.717) is 0 Å². The minimum absolute atomic E-state index is 0.0670. The van der Waals surface area contributed by atoms with E-state index in [9.17, 15) is 4.79 Å². The fraction of sp³-hybridized carbons (Fsp3) is 0.462. The highest BCUT2D eigenvalue weighted by molar-refractivity contribution is 5.79. The molecule has 88 valence electrons. The van der Waals surface area contributed by atoms with Crippen molar-refractivity contribution in [3.8, 4) is 5.75 Å². The third-order valence-electron chi connectivity index (χ3n) is 2.48. The lowest BCUT2D eigenvalue weighted by Crippen LogP contribution is -2.38. The van der Waals surface area contributed by atoms with Gasteiger partial charge in [-0.05, 0) is 37.0 Å². The van der Waals surface area contributed by atoms with Gasteiger partial charge in [-0.25, -0.2) is 0 Å².